The first kappa shape index (κ1) is 14.9. The smallest absolute Gasteiger partial charge is 0.244 e. The number of hydrogen-bond donors (Lipinski definition) is 1. The summed E-state index contributed by atoms with van der Waals surface area (Å²) in [6, 6.07) is 1.54. The van der Waals surface area contributed by atoms with Crippen LogP contribution in [0.2, 0.25) is 0 Å². The highest BCUT2D eigenvalue weighted by molar-refractivity contribution is 7.89. The van der Waals surface area contributed by atoms with Crippen molar-refractivity contribution in [3.8, 4) is 0 Å². The molecule has 1 aliphatic heterocycles. The Kier molecular flexibility index (Phi) is 4.62. The van der Waals surface area contributed by atoms with Crippen molar-refractivity contribution in [3.05, 3.63) is 16.3 Å². The monoisotopic (exact) mass is 304 g/mol. The molecule has 7 heteroatoms. The highest BCUT2D eigenvalue weighted by Gasteiger charge is 2.32. The van der Waals surface area contributed by atoms with Crippen molar-refractivity contribution >= 4 is 21.4 Å². The van der Waals surface area contributed by atoms with Gasteiger partial charge in [0.25, 0.3) is 0 Å². The number of thiophene rings is 1. The molecule has 1 fully saturated rings. The van der Waals surface area contributed by atoms with Gasteiger partial charge in [0.2, 0.25) is 10.0 Å². The van der Waals surface area contributed by atoms with Crippen LogP contribution in [0.5, 0.6) is 0 Å². The third-order valence-electron chi connectivity index (χ3n) is 3.42. The summed E-state index contributed by atoms with van der Waals surface area (Å²) in [5.41, 5.74) is 0. The van der Waals surface area contributed by atoms with E-state index in [0.29, 0.717) is 11.4 Å². The van der Waals surface area contributed by atoms with Gasteiger partial charge >= 0.3 is 0 Å². The number of likely N-dealkylation sites (N-methyl/N-ethyl adjacent to an activating group) is 1. The van der Waals surface area contributed by atoms with Crippen molar-refractivity contribution in [2.75, 3.05) is 26.7 Å². The molecule has 19 heavy (non-hydrogen) atoms. The van der Waals surface area contributed by atoms with E-state index in [1.807, 2.05) is 14.0 Å². The fourth-order valence-electron chi connectivity index (χ4n) is 2.51. The molecule has 1 aromatic rings. The van der Waals surface area contributed by atoms with Crippen LogP contribution in [0.3, 0.4) is 0 Å². The Labute approximate surface area is 118 Å². The zero-order valence-corrected chi connectivity index (χ0v) is 12.9. The lowest BCUT2D eigenvalue weighted by Gasteiger charge is -2.27. The molecule has 2 rings (SSSR count). The standard InChI is InChI=1S/C12H20N2O3S2/c1-10-8-13(2)5-3-6-14(10)19(16,17)12-4-7-18-11(12)9-15/h4,7,10,15H,3,5-6,8-9H2,1-2H3. The molecule has 5 nitrogen and oxygen atoms in total. The predicted octanol–water partition coefficient (Wildman–Crippen LogP) is 0.955. The van der Waals surface area contributed by atoms with Gasteiger partial charge in [-0.1, -0.05) is 0 Å². The van der Waals surface area contributed by atoms with Gasteiger partial charge in [0.05, 0.1) is 11.5 Å². The largest absolute Gasteiger partial charge is 0.391 e. The molecular formula is C12H20N2O3S2. The van der Waals surface area contributed by atoms with Gasteiger partial charge in [0, 0.05) is 24.0 Å². The minimum atomic E-state index is -3.50. The van der Waals surface area contributed by atoms with Crippen LogP contribution in [0.25, 0.3) is 0 Å². The third kappa shape index (κ3) is 3.00. The molecule has 1 saturated heterocycles. The molecule has 0 saturated carbocycles. The Morgan fingerprint density at radius 1 is 1.47 bits per heavy atom. The van der Waals surface area contributed by atoms with Crippen molar-refractivity contribution in [1.29, 1.82) is 0 Å². The summed E-state index contributed by atoms with van der Waals surface area (Å²) in [4.78, 5) is 2.93. The van der Waals surface area contributed by atoms with E-state index in [2.05, 4.69) is 4.90 Å². The fraction of sp³-hybridized carbons (Fsp3) is 0.667. The van der Waals surface area contributed by atoms with E-state index in [1.165, 1.54) is 11.3 Å². The SMILES string of the molecule is CC1CN(C)CCCN1S(=O)(=O)c1ccsc1CO. The first-order valence-corrected chi connectivity index (χ1v) is 8.66. The number of aliphatic hydroxyl groups excluding tert-OH is 1. The highest BCUT2D eigenvalue weighted by Crippen LogP contribution is 2.27. The van der Waals surface area contributed by atoms with Gasteiger partial charge in [-0.25, -0.2) is 8.42 Å². The summed E-state index contributed by atoms with van der Waals surface area (Å²) in [6.45, 7) is 3.89. The lowest BCUT2D eigenvalue weighted by Crippen LogP contribution is -2.42. The van der Waals surface area contributed by atoms with Crippen molar-refractivity contribution in [2.24, 2.45) is 0 Å². The second-order valence-corrected chi connectivity index (χ2v) is 7.81. The maximum atomic E-state index is 12.7. The van der Waals surface area contributed by atoms with Crippen LogP contribution in [-0.2, 0) is 16.6 Å². The summed E-state index contributed by atoms with van der Waals surface area (Å²) in [7, 11) is -1.49. The van der Waals surface area contributed by atoms with Crippen molar-refractivity contribution < 1.29 is 13.5 Å². The molecule has 0 bridgehead atoms. The van der Waals surface area contributed by atoms with Crippen molar-refractivity contribution in [1.82, 2.24) is 9.21 Å². The molecule has 1 N–H and O–H groups in total. The summed E-state index contributed by atoms with van der Waals surface area (Å²) in [5.74, 6) is 0. The Hall–Kier alpha value is -0.470. The number of sulfonamides is 1. The van der Waals surface area contributed by atoms with Crippen LogP contribution in [0.15, 0.2) is 16.3 Å². The maximum Gasteiger partial charge on any atom is 0.244 e. The average molecular weight is 304 g/mol. The number of rotatable bonds is 3. The fourth-order valence-corrected chi connectivity index (χ4v) is 5.44. The number of nitrogens with zero attached hydrogens (tertiary/aromatic N) is 2. The Morgan fingerprint density at radius 2 is 2.21 bits per heavy atom. The molecule has 0 aromatic carbocycles. The van der Waals surface area contributed by atoms with E-state index in [-0.39, 0.29) is 17.5 Å². The Morgan fingerprint density at radius 3 is 2.89 bits per heavy atom. The van der Waals surface area contributed by atoms with E-state index in [0.717, 1.165) is 19.5 Å². The first-order chi connectivity index (χ1) is 8.96. The quantitative estimate of drug-likeness (QED) is 0.903. The van der Waals surface area contributed by atoms with Gasteiger partial charge in [-0.05, 0) is 38.4 Å². The van der Waals surface area contributed by atoms with Gasteiger partial charge in [-0.3, -0.25) is 0 Å². The second-order valence-electron chi connectivity index (χ2n) is 4.95. The summed E-state index contributed by atoms with van der Waals surface area (Å²) < 4.78 is 27.0. The molecule has 1 aliphatic rings. The topological polar surface area (TPSA) is 60.9 Å². The van der Waals surface area contributed by atoms with Gasteiger partial charge < -0.3 is 10.0 Å². The van der Waals surface area contributed by atoms with Crippen LogP contribution < -0.4 is 0 Å². The molecule has 0 aliphatic carbocycles. The van der Waals surface area contributed by atoms with E-state index in [4.69, 9.17) is 0 Å². The zero-order valence-electron chi connectivity index (χ0n) is 11.2. The highest BCUT2D eigenvalue weighted by atomic mass is 32.2. The van der Waals surface area contributed by atoms with Gasteiger partial charge in [-0.15, -0.1) is 11.3 Å². The van der Waals surface area contributed by atoms with Crippen LogP contribution in [-0.4, -0.2) is 55.5 Å². The molecule has 0 spiro atoms. The van der Waals surface area contributed by atoms with Gasteiger partial charge in [0.1, 0.15) is 0 Å². The molecule has 1 aromatic heterocycles. The second kappa shape index (κ2) is 5.88. The minimum absolute atomic E-state index is 0.0519. The Bertz CT molecular complexity index is 527. The van der Waals surface area contributed by atoms with Crippen LogP contribution >= 0.6 is 11.3 Å². The van der Waals surface area contributed by atoms with Crippen molar-refractivity contribution in [2.45, 2.75) is 30.9 Å². The molecular weight excluding hydrogens is 284 g/mol. The molecule has 1 atom stereocenters. The molecule has 0 amide bonds. The summed E-state index contributed by atoms with van der Waals surface area (Å²) >= 11 is 1.28. The third-order valence-corrected chi connectivity index (χ3v) is 6.55. The van der Waals surface area contributed by atoms with E-state index in [1.54, 1.807) is 15.8 Å². The number of aliphatic hydroxyl groups is 1. The van der Waals surface area contributed by atoms with E-state index >= 15 is 0 Å². The summed E-state index contributed by atoms with van der Waals surface area (Å²) in [6.07, 6.45) is 0.832. The minimum Gasteiger partial charge on any atom is -0.391 e. The van der Waals surface area contributed by atoms with Crippen molar-refractivity contribution in [3.63, 3.8) is 0 Å². The van der Waals surface area contributed by atoms with E-state index in [9.17, 15) is 13.5 Å². The molecule has 108 valence electrons. The van der Waals surface area contributed by atoms with Crippen LogP contribution in [0, 0.1) is 0 Å². The molecule has 0 radical (unpaired) electrons. The van der Waals surface area contributed by atoms with Gasteiger partial charge in [0.15, 0.2) is 0 Å². The lowest BCUT2D eigenvalue weighted by atomic mass is 10.3. The van der Waals surface area contributed by atoms with Crippen LogP contribution in [0.1, 0.15) is 18.2 Å². The molecule has 1 unspecified atom stereocenters. The number of hydrogen-bond acceptors (Lipinski definition) is 5. The Balaban J connectivity index is 2.33. The summed E-state index contributed by atoms with van der Waals surface area (Å²) in [5, 5.41) is 11.0. The lowest BCUT2D eigenvalue weighted by molar-refractivity contribution is 0.279. The van der Waals surface area contributed by atoms with E-state index < -0.39 is 10.0 Å². The van der Waals surface area contributed by atoms with Gasteiger partial charge in [-0.2, -0.15) is 4.31 Å². The zero-order chi connectivity index (χ0) is 14.0. The van der Waals surface area contributed by atoms with Crippen LogP contribution in [0.4, 0.5) is 0 Å². The normalized spacial score (nSPS) is 23.4. The maximum absolute atomic E-state index is 12.7. The average Bonchev–Trinajstić information content (AvgIpc) is 2.76. The first-order valence-electron chi connectivity index (χ1n) is 6.34. The predicted molar refractivity (Wildman–Crippen MR) is 75.7 cm³/mol. The molecule has 2 heterocycles.